The molecule has 0 saturated carbocycles. The molecule has 0 saturated heterocycles. The molecule has 0 unspecified atom stereocenters. The maximum Gasteiger partial charge on any atom is 0.424 e. The molecular formula is C17H11F2N3O4S. The summed E-state index contributed by atoms with van der Waals surface area (Å²) in [7, 11) is -4.61. The minimum atomic E-state index is -4.61. The molecule has 1 aromatic heterocycles. The predicted octanol–water partition coefficient (Wildman–Crippen LogP) is 2.20. The number of benzene rings is 2. The van der Waals surface area contributed by atoms with Crippen LogP contribution >= 0.6 is 0 Å². The van der Waals surface area contributed by atoms with Crippen LogP contribution in [-0.2, 0) is 10.0 Å². The first kappa shape index (κ1) is 18.5. The molecule has 0 radical (unpaired) electrons. The van der Waals surface area contributed by atoms with Crippen LogP contribution in [0.3, 0.4) is 0 Å². The van der Waals surface area contributed by atoms with Gasteiger partial charge in [0.1, 0.15) is 17.9 Å². The highest BCUT2D eigenvalue weighted by molar-refractivity contribution is 7.89. The first-order valence-electron chi connectivity index (χ1n) is 7.37. The third-order valence-electron chi connectivity index (χ3n) is 3.87. The fourth-order valence-electron chi connectivity index (χ4n) is 2.60. The van der Waals surface area contributed by atoms with Gasteiger partial charge in [-0.15, -0.1) is 0 Å². The van der Waals surface area contributed by atoms with Gasteiger partial charge in [0.25, 0.3) is 0 Å². The Balaban J connectivity index is 2.25. The Labute approximate surface area is 151 Å². The number of hydrogen-bond donors (Lipinski definition) is 1. The predicted molar refractivity (Wildman–Crippen MR) is 90.5 cm³/mol. The third kappa shape index (κ3) is 3.25. The monoisotopic (exact) mass is 391 g/mol. The van der Waals surface area contributed by atoms with E-state index in [-0.39, 0.29) is 16.9 Å². The third-order valence-corrected chi connectivity index (χ3v) is 4.83. The number of primary sulfonamides is 1. The van der Waals surface area contributed by atoms with Gasteiger partial charge >= 0.3 is 5.76 Å². The van der Waals surface area contributed by atoms with E-state index in [1.807, 2.05) is 6.07 Å². The smallest absolute Gasteiger partial charge is 0.415 e. The fourth-order valence-corrected chi connectivity index (χ4v) is 3.26. The van der Waals surface area contributed by atoms with Crippen molar-refractivity contribution in [1.29, 1.82) is 5.26 Å². The molecule has 3 aromatic rings. The summed E-state index contributed by atoms with van der Waals surface area (Å²) >= 11 is 0. The van der Waals surface area contributed by atoms with Crippen LogP contribution < -0.4 is 10.9 Å². The highest BCUT2D eigenvalue weighted by Crippen LogP contribution is 2.28. The van der Waals surface area contributed by atoms with E-state index in [1.165, 1.54) is 12.1 Å². The fraction of sp³-hybridized carbons (Fsp3) is 0.0588. The lowest BCUT2D eigenvalue weighted by atomic mass is 10.1. The van der Waals surface area contributed by atoms with Gasteiger partial charge in [0.2, 0.25) is 10.0 Å². The van der Waals surface area contributed by atoms with Crippen molar-refractivity contribution >= 4 is 10.0 Å². The molecule has 10 heteroatoms. The van der Waals surface area contributed by atoms with Gasteiger partial charge in [-0.25, -0.2) is 31.7 Å². The molecule has 0 fully saturated rings. The molecule has 0 atom stereocenters. The second kappa shape index (κ2) is 6.46. The van der Waals surface area contributed by atoms with Gasteiger partial charge in [-0.2, -0.15) is 5.26 Å². The van der Waals surface area contributed by atoms with Crippen LogP contribution in [0.4, 0.5) is 8.78 Å². The van der Waals surface area contributed by atoms with Crippen molar-refractivity contribution in [3.63, 3.8) is 0 Å². The Morgan fingerprint density at radius 1 is 1.19 bits per heavy atom. The van der Waals surface area contributed by atoms with E-state index in [2.05, 4.69) is 0 Å². The molecular weight excluding hydrogens is 380 g/mol. The van der Waals surface area contributed by atoms with Gasteiger partial charge < -0.3 is 4.42 Å². The summed E-state index contributed by atoms with van der Waals surface area (Å²) in [5, 5.41) is 14.0. The molecule has 0 bridgehead atoms. The van der Waals surface area contributed by atoms with Gasteiger partial charge in [-0.05, 0) is 36.8 Å². The number of nitrogens with two attached hydrogens (primary N) is 1. The highest BCUT2D eigenvalue weighted by atomic mass is 32.2. The van der Waals surface area contributed by atoms with Gasteiger partial charge in [0.05, 0.1) is 23.0 Å². The summed E-state index contributed by atoms with van der Waals surface area (Å²) in [5.74, 6) is -3.67. The van der Waals surface area contributed by atoms with E-state index in [0.717, 1.165) is 23.0 Å². The number of rotatable bonds is 3. The van der Waals surface area contributed by atoms with Crippen molar-refractivity contribution in [3.8, 4) is 23.0 Å². The van der Waals surface area contributed by atoms with E-state index in [1.54, 1.807) is 13.0 Å². The minimum absolute atomic E-state index is 0.0356. The van der Waals surface area contributed by atoms with Crippen LogP contribution in [0.25, 0.3) is 16.9 Å². The average Bonchev–Trinajstić information content (AvgIpc) is 2.95. The first-order chi connectivity index (χ1) is 12.6. The number of hydrogen-bond acceptors (Lipinski definition) is 5. The molecule has 3 rings (SSSR count). The molecule has 27 heavy (non-hydrogen) atoms. The number of halogens is 2. The Morgan fingerprint density at radius 3 is 2.37 bits per heavy atom. The summed E-state index contributed by atoms with van der Waals surface area (Å²) in [5.41, 5.74) is 1.03. The van der Waals surface area contributed by atoms with Gasteiger partial charge in [-0.1, -0.05) is 6.07 Å². The Kier molecular flexibility index (Phi) is 4.43. The number of nitrogens with zero attached hydrogens (tertiary/aromatic N) is 2. The maximum absolute atomic E-state index is 14.1. The molecule has 1 heterocycles. The van der Waals surface area contributed by atoms with Gasteiger partial charge in [0, 0.05) is 5.56 Å². The maximum atomic E-state index is 14.1. The number of oxazole rings is 1. The first-order valence-corrected chi connectivity index (χ1v) is 8.92. The Bertz CT molecular complexity index is 1250. The lowest BCUT2D eigenvalue weighted by Crippen LogP contribution is -2.17. The van der Waals surface area contributed by atoms with Crippen molar-refractivity contribution < 1.29 is 21.6 Å². The normalized spacial score (nSPS) is 11.4. The quantitative estimate of drug-likeness (QED) is 0.734. The lowest BCUT2D eigenvalue weighted by Gasteiger charge is -2.10. The van der Waals surface area contributed by atoms with E-state index in [4.69, 9.17) is 14.8 Å². The van der Waals surface area contributed by atoms with E-state index in [9.17, 15) is 22.0 Å². The van der Waals surface area contributed by atoms with Crippen LogP contribution in [0, 0.1) is 29.9 Å². The molecule has 0 aliphatic carbocycles. The second-order valence-electron chi connectivity index (χ2n) is 5.65. The molecule has 2 N–H and O–H groups in total. The number of sulfonamides is 1. The molecule has 0 aliphatic rings. The van der Waals surface area contributed by atoms with Crippen LogP contribution in [0.15, 0.2) is 50.7 Å². The minimum Gasteiger partial charge on any atom is -0.415 e. The van der Waals surface area contributed by atoms with Crippen LogP contribution in [0.2, 0.25) is 0 Å². The SMILES string of the molecule is Cc1ccc(-n2c(-c3cc(F)c(S(N)(=O)=O)c(F)c3)coc2=O)cc1C#N. The Morgan fingerprint density at radius 2 is 1.81 bits per heavy atom. The van der Waals surface area contributed by atoms with Crippen LogP contribution in [0.5, 0.6) is 0 Å². The van der Waals surface area contributed by atoms with E-state index < -0.39 is 32.3 Å². The number of aromatic nitrogens is 1. The zero-order valence-corrected chi connectivity index (χ0v) is 14.5. The van der Waals surface area contributed by atoms with Crippen LogP contribution in [0.1, 0.15) is 11.1 Å². The summed E-state index contributed by atoms with van der Waals surface area (Å²) in [6.07, 6.45) is 0.971. The average molecular weight is 391 g/mol. The lowest BCUT2D eigenvalue weighted by molar-refractivity contribution is 0.504. The molecule has 0 spiro atoms. The zero-order valence-electron chi connectivity index (χ0n) is 13.7. The Hall–Kier alpha value is -3.29. The topological polar surface area (TPSA) is 119 Å². The van der Waals surface area contributed by atoms with Crippen molar-refractivity contribution in [2.75, 3.05) is 0 Å². The second-order valence-corrected chi connectivity index (χ2v) is 7.15. The summed E-state index contributed by atoms with van der Waals surface area (Å²) in [6, 6.07) is 7.97. The highest BCUT2D eigenvalue weighted by Gasteiger charge is 2.23. The number of nitriles is 1. The molecule has 0 aliphatic heterocycles. The molecule has 2 aromatic carbocycles. The summed E-state index contributed by atoms with van der Waals surface area (Å²) in [6.45, 7) is 1.71. The van der Waals surface area contributed by atoms with E-state index >= 15 is 0 Å². The van der Waals surface area contributed by atoms with Crippen molar-refractivity contribution in [3.05, 3.63) is 69.9 Å². The molecule has 0 amide bonds. The van der Waals surface area contributed by atoms with Gasteiger partial charge in [-0.3, -0.25) is 0 Å². The number of aryl methyl sites for hydroxylation is 1. The van der Waals surface area contributed by atoms with Crippen LogP contribution in [-0.4, -0.2) is 13.0 Å². The van der Waals surface area contributed by atoms with Crippen molar-refractivity contribution in [2.24, 2.45) is 5.14 Å². The molecule has 7 nitrogen and oxygen atoms in total. The largest absolute Gasteiger partial charge is 0.424 e. The van der Waals surface area contributed by atoms with E-state index in [0.29, 0.717) is 11.1 Å². The van der Waals surface area contributed by atoms with Gasteiger partial charge in [0.15, 0.2) is 4.90 Å². The van der Waals surface area contributed by atoms with Crippen molar-refractivity contribution in [1.82, 2.24) is 4.57 Å². The summed E-state index contributed by atoms with van der Waals surface area (Å²) < 4.78 is 56.7. The standard InChI is InChI=1S/C17H11F2N3O4S/c1-9-2-3-12(4-11(9)7-20)22-15(8-26-17(22)23)10-5-13(18)16(14(19)6-10)27(21,24)25/h2-6,8H,1H3,(H2,21,24,25). The van der Waals surface area contributed by atoms with Crippen molar-refractivity contribution in [2.45, 2.75) is 11.8 Å². The zero-order chi connectivity index (χ0) is 19.9. The molecule has 138 valence electrons. The summed E-state index contributed by atoms with van der Waals surface area (Å²) in [4.78, 5) is 10.8.